The van der Waals surface area contributed by atoms with Crippen LogP contribution in [0.5, 0.6) is 0 Å². The van der Waals surface area contributed by atoms with Gasteiger partial charge in [-0.05, 0) is 36.6 Å². The Morgan fingerprint density at radius 2 is 1.87 bits per heavy atom. The molecule has 156 valence electrons. The number of carbonyl (C=O) groups is 1. The zero-order chi connectivity index (χ0) is 21.1. The van der Waals surface area contributed by atoms with Crippen LogP contribution in [0.25, 0.3) is 5.82 Å². The van der Waals surface area contributed by atoms with Crippen molar-refractivity contribution in [2.45, 2.75) is 24.3 Å². The third-order valence-corrected chi connectivity index (χ3v) is 7.15. The summed E-state index contributed by atoms with van der Waals surface area (Å²) in [7, 11) is -3.51. The van der Waals surface area contributed by atoms with E-state index in [9.17, 15) is 13.2 Å². The first-order valence-electron chi connectivity index (χ1n) is 9.47. The van der Waals surface area contributed by atoms with E-state index in [4.69, 9.17) is 11.6 Å². The largest absolute Gasteiger partial charge is 0.347 e. The lowest BCUT2D eigenvalue weighted by molar-refractivity contribution is 0.0946. The van der Waals surface area contributed by atoms with Crippen molar-refractivity contribution in [3.63, 3.8) is 0 Å². The lowest BCUT2D eigenvalue weighted by Crippen LogP contribution is -2.27. The Bertz CT molecular complexity index is 1160. The summed E-state index contributed by atoms with van der Waals surface area (Å²) >= 11 is 6.10. The van der Waals surface area contributed by atoms with E-state index in [0.717, 1.165) is 18.4 Å². The maximum absolute atomic E-state index is 12.6. The predicted octanol–water partition coefficient (Wildman–Crippen LogP) is 2.64. The summed E-state index contributed by atoms with van der Waals surface area (Å²) in [6, 6.07) is 10.4. The minimum absolute atomic E-state index is 0.158. The van der Waals surface area contributed by atoms with Crippen molar-refractivity contribution in [1.82, 2.24) is 24.2 Å². The Balaban J connectivity index is 1.44. The Morgan fingerprint density at radius 3 is 2.57 bits per heavy atom. The molecule has 0 radical (unpaired) electrons. The van der Waals surface area contributed by atoms with Crippen LogP contribution in [0.4, 0.5) is 0 Å². The van der Waals surface area contributed by atoms with Crippen LogP contribution in [0, 0.1) is 0 Å². The molecule has 1 aromatic carbocycles. The highest BCUT2D eigenvalue weighted by Gasteiger charge is 2.27. The van der Waals surface area contributed by atoms with E-state index in [-0.39, 0.29) is 23.0 Å². The molecule has 1 aliphatic heterocycles. The molecule has 0 saturated carbocycles. The number of nitrogens with one attached hydrogen (secondary N) is 1. The second-order valence-corrected chi connectivity index (χ2v) is 9.25. The number of nitrogens with zero attached hydrogens (tertiary/aromatic N) is 4. The van der Waals surface area contributed by atoms with Crippen molar-refractivity contribution in [2.24, 2.45) is 0 Å². The van der Waals surface area contributed by atoms with Gasteiger partial charge in [0.1, 0.15) is 22.7 Å². The third kappa shape index (κ3) is 4.23. The van der Waals surface area contributed by atoms with Crippen molar-refractivity contribution < 1.29 is 13.2 Å². The zero-order valence-corrected chi connectivity index (χ0v) is 17.6. The van der Waals surface area contributed by atoms with Crippen LogP contribution in [0.2, 0.25) is 5.02 Å². The van der Waals surface area contributed by atoms with Crippen LogP contribution in [-0.2, 0) is 16.6 Å². The molecular weight excluding hydrogens is 426 g/mol. The van der Waals surface area contributed by atoms with Crippen LogP contribution in [-0.4, -0.2) is 46.3 Å². The Kier molecular flexibility index (Phi) is 5.85. The normalized spacial score (nSPS) is 14.7. The SMILES string of the molecule is O=C(NCc1ccccc1Cl)c1cn(-c2ccc(S(=O)(=O)N3CCCC3)cn2)cn1. The number of hydrogen-bond donors (Lipinski definition) is 1. The van der Waals surface area contributed by atoms with Gasteiger partial charge >= 0.3 is 0 Å². The molecule has 0 unspecified atom stereocenters. The highest BCUT2D eigenvalue weighted by Crippen LogP contribution is 2.21. The van der Waals surface area contributed by atoms with E-state index in [2.05, 4.69) is 15.3 Å². The molecule has 0 atom stereocenters. The summed E-state index contributed by atoms with van der Waals surface area (Å²) in [6.07, 6.45) is 6.09. The van der Waals surface area contributed by atoms with Gasteiger partial charge in [0.2, 0.25) is 10.0 Å². The molecule has 1 aliphatic rings. The number of imidazole rings is 1. The van der Waals surface area contributed by atoms with Gasteiger partial charge in [0.05, 0.1) is 0 Å². The first-order valence-corrected chi connectivity index (χ1v) is 11.3. The molecule has 0 spiro atoms. The van der Waals surface area contributed by atoms with E-state index in [1.54, 1.807) is 22.9 Å². The van der Waals surface area contributed by atoms with Crippen molar-refractivity contribution in [3.05, 3.63) is 71.4 Å². The maximum Gasteiger partial charge on any atom is 0.271 e. The van der Waals surface area contributed by atoms with Gasteiger partial charge in [-0.3, -0.25) is 9.36 Å². The minimum Gasteiger partial charge on any atom is -0.347 e. The van der Waals surface area contributed by atoms with Crippen LogP contribution in [0.1, 0.15) is 28.9 Å². The van der Waals surface area contributed by atoms with Gasteiger partial charge in [-0.2, -0.15) is 4.31 Å². The van der Waals surface area contributed by atoms with Crippen molar-refractivity contribution in [1.29, 1.82) is 0 Å². The van der Waals surface area contributed by atoms with Crippen molar-refractivity contribution in [2.75, 3.05) is 13.1 Å². The predicted molar refractivity (Wildman–Crippen MR) is 112 cm³/mol. The molecule has 3 aromatic rings. The van der Waals surface area contributed by atoms with E-state index in [1.807, 2.05) is 18.2 Å². The fourth-order valence-corrected chi connectivity index (χ4v) is 4.89. The van der Waals surface area contributed by atoms with Gasteiger partial charge in [0.25, 0.3) is 5.91 Å². The number of amides is 1. The molecule has 1 saturated heterocycles. The van der Waals surface area contributed by atoms with Crippen LogP contribution in [0.15, 0.2) is 60.0 Å². The number of aromatic nitrogens is 3. The van der Waals surface area contributed by atoms with Crippen molar-refractivity contribution >= 4 is 27.5 Å². The molecule has 1 fully saturated rings. The molecule has 0 aliphatic carbocycles. The number of rotatable bonds is 6. The monoisotopic (exact) mass is 445 g/mol. The minimum atomic E-state index is -3.51. The molecule has 8 nitrogen and oxygen atoms in total. The van der Waals surface area contributed by atoms with Gasteiger partial charge in [-0.1, -0.05) is 29.8 Å². The zero-order valence-electron chi connectivity index (χ0n) is 16.0. The maximum atomic E-state index is 12.6. The van der Waals surface area contributed by atoms with E-state index in [1.165, 1.54) is 22.9 Å². The number of halogens is 1. The van der Waals surface area contributed by atoms with Crippen LogP contribution in [0.3, 0.4) is 0 Å². The molecule has 1 N–H and O–H groups in total. The highest BCUT2D eigenvalue weighted by molar-refractivity contribution is 7.89. The Labute approximate surface area is 179 Å². The summed E-state index contributed by atoms with van der Waals surface area (Å²) in [5.74, 6) is 0.120. The lowest BCUT2D eigenvalue weighted by Gasteiger charge is -2.15. The average Bonchev–Trinajstić information content (AvgIpc) is 3.46. The molecule has 3 heterocycles. The fraction of sp³-hybridized carbons (Fsp3) is 0.250. The van der Waals surface area contributed by atoms with E-state index in [0.29, 0.717) is 23.9 Å². The first-order chi connectivity index (χ1) is 14.4. The number of hydrogen-bond acceptors (Lipinski definition) is 5. The Morgan fingerprint density at radius 1 is 1.10 bits per heavy atom. The first kappa shape index (κ1) is 20.5. The number of carbonyl (C=O) groups excluding carboxylic acids is 1. The number of benzene rings is 1. The lowest BCUT2D eigenvalue weighted by atomic mass is 10.2. The average molecular weight is 446 g/mol. The molecule has 4 rings (SSSR count). The second kappa shape index (κ2) is 8.55. The van der Waals surface area contributed by atoms with Gasteiger partial charge < -0.3 is 5.32 Å². The number of sulfonamides is 1. The molecule has 30 heavy (non-hydrogen) atoms. The Hall–Kier alpha value is -2.75. The highest BCUT2D eigenvalue weighted by atomic mass is 35.5. The van der Waals surface area contributed by atoms with Gasteiger partial charge in [-0.15, -0.1) is 0 Å². The summed E-state index contributed by atoms with van der Waals surface area (Å²) < 4.78 is 28.2. The van der Waals surface area contributed by atoms with Crippen LogP contribution < -0.4 is 5.32 Å². The molecule has 0 bridgehead atoms. The molecular formula is C20H20ClN5O3S. The van der Waals surface area contributed by atoms with Crippen LogP contribution >= 0.6 is 11.6 Å². The van der Waals surface area contributed by atoms with Gasteiger partial charge in [0.15, 0.2) is 0 Å². The number of pyridine rings is 1. The quantitative estimate of drug-likeness (QED) is 0.629. The summed E-state index contributed by atoms with van der Waals surface area (Å²) in [5.41, 5.74) is 1.03. The summed E-state index contributed by atoms with van der Waals surface area (Å²) in [6.45, 7) is 1.36. The summed E-state index contributed by atoms with van der Waals surface area (Å²) in [5, 5.41) is 3.36. The van der Waals surface area contributed by atoms with Gasteiger partial charge in [0, 0.05) is 37.1 Å². The standard InChI is InChI=1S/C20H20ClN5O3S/c21-17-6-2-1-5-15(17)11-23-20(27)18-13-25(14-24-18)19-8-7-16(12-22-19)30(28,29)26-9-3-4-10-26/h1-2,5-8,12-14H,3-4,9-11H2,(H,23,27). The molecule has 2 aromatic heterocycles. The summed E-state index contributed by atoms with van der Waals surface area (Å²) in [4.78, 5) is 20.9. The van der Waals surface area contributed by atoms with E-state index >= 15 is 0 Å². The molecule has 1 amide bonds. The molecule has 10 heteroatoms. The van der Waals surface area contributed by atoms with Gasteiger partial charge in [-0.25, -0.2) is 18.4 Å². The third-order valence-electron chi connectivity index (χ3n) is 4.90. The smallest absolute Gasteiger partial charge is 0.271 e. The topological polar surface area (TPSA) is 97.2 Å². The van der Waals surface area contributed by atoms with Crippen molar-refractivity contribution in [3.8, 4) is 5.82 Å². The van der Waals surface area contributed by atoms with E-state index < -0.39 is 10.0 Å². The fourth-order valence-electron chi connectivity index (χ4n) is 3.23. The second-order valence-electron chi connectivity index (χ2n) is 6.90.